The van der Waals surface area contributed by atoms with Gasteiger partial charge < -0.3 is 14.9 Å². The van der Waals surface area contributed by atoms with Crippen molar-refractivity contribution in [2.45, 2.75) is 38.2 Å². The summed E-state index contributed by atoms with van der Waals surface area (Å²) in [5.74, 6) is -0.132. The molecule has 25 heavy (non-hydrogen) atoms. The molecule has 0 spiro atoms. The Morgan fingerprint density at radius 3 is 2.64 bits per heavy atom. The number of anilines is 1. The van der Waals surface area contributed by atoms with E-state index in [-0.39, 0.29) is 23.6 Å². The molecule has 2 atom stereocenters. The molecular formula is C18H25N3O4. The van der Waals surface area contributed by atoms with Gasteiger partial charge in [-0.15, -0.1) is 0 Å². The van der Waals surface area contributed by atoms with Gasteiger partial charge in [0.2, 0.25) is 0 Å². The van der Waals surface area contributed by atoms with Crippen molar-refractivity contribution in [1.82, 2.24) is 4.90 Å². The Bertz CT molecular complexity index is 658. The second-order valence-electron chi connectivity index (χ2n) is 7.10. The number of hydrogen-bond donors (Lipinski definition) is 1. The summed E-state index contributed by atoms with van der Waals surface area (Å²) in [6.07, 6.45) is 4.43. The maximum absolute atomic E-state index is 13.0. The smallest absolute Gasteiger partial charge is 0.270 e. The van der Waals surface area contributed by atoms with Crippen LogP contribution in [0, 0.1) is 16.0 Å². The SMILES string of the molecule is CN(CC1CCCC1O)C(=O)c1cc([N+](=O)[O-])ccc1N1CCCC1. The monoisotopic (exact) mass is 347 g/mol. The van der Waals surface area contributed by atoms with E-state index in [1.807, 2.05) is 0 Å². The number of nitro groups is 1. The van der Waals surface area contributed by atoms with E-state index in [1.165, 1.54) is 12.1 Å². The highest BCUT2D eigenvalue weighted by Crippen LogP contribution is 2.31. The first kappa shape index (κ1) is 17.7. The largest absolute Gasteiger partial charge is 0.393 e. The maximum atomic E-state index is 13.0. The molecule has 2 unspecified atom stereocenters. The summed E-state index contributed by atoms with van der Waals surface area (Å²) in [4.78, 5) is 27.4. The van der Waals surface area contributed by atoms with E-state index in [9.17, 15) is 20.0 Å². The minimum atomic E-state index is -0.467. The van der Waals surface area contributed by atoms with Gasteiger partial charge >= 0.3 is 0 Å². The topological polar surface area (TPSA) is 86.9 Å². The molecule has 3 rings (SSSR count). The highest BCUT2D eigenvalue weighted by molar-refractivity contribution is 6.00. The summed E-state index contributed by atoms with van der Waals surface area (Å²) in [6, 6.07) is 4.54. The van der Waals surface area contributed by atoms with Crippen LogP contribution in [0.4, 0.5) is 11.4 Å². The number of aliphatic hydroxyl groups excluding tert-OH is 1. The fraction of sp³-hybridized carbons (Fsp3) is 0.611. The lowest BCUT2D eigenvalue weighted by Crippen LogP contribution is -2.35. The van der Waals surface area contributed by atoms with Gasteiger partial charge in [0.1, 0.15) is 0 Å². The van der Waals surface area contributed by atoms with Crippen LogP contribution in [-0.4, -0.2) is 53.6 Å². The Morgan fingerprint density at radius 2 is 2.04 bits per heavy atom. The Labute approximate surface area is 147 Å². The minimum Gasteiger partial charge on any atom is -0.393 e. The molecule has 1 heterocycles. The van der Waals surface area contributed by atoms with Crippen LogP contribution < -0.4 is 4.90 Å². The van der Waals surface area contributed by atoms with Gasteiger partial charge in [0.05, 0.1) is 22.3 Å². The van der Waals surface area contributed by atoms with Crippen LogP contribution >= 0.6 is 0 Å². The van der Waals surface area contributed by atoms with E-state index < -0.39 is 4.92 Å². The predicted molar refractivity (Wildman–Crippen MR) is 94.9 cm³/mol. The number of amides is 1. The van der Waals surface area contributed by atoms with Crippen LogP contribution in [-0.2, 0) is 0 Å². The average molecular weight is 347 g/mol. The molecule has 1 saturated heterocycles. The second kappa shape index (κ2) is 7.39. The number of rotatable bonds is 5. The quantitative estimate of drug-likeness (QED) is 0.653. The molecule has 136 valence electrons. The van der Waals surface area contributed by atoms with Gasteiger partial charge in [0.15, 0.2) is 0 Å². The van der Waals surface area contributed by atoms with Crippen molar-refractivity contribution in [2.24, 2.45) is 5.92 Å². The molecule has 0 radical (unpaired) electrons. The van der Waals surface area contributed by atoms with Crippen LogP contribution in [0.3, 0.4) is 0 Å². The zero-order valence-electron chi connectivity index (χ0n) is 14.6. The molecule has 0 bridgehead atoms. The average Bonchev–Trinajstić information content (AvgIpc) is 3.26. The molecule has 7 nitrogen and oxygen atoms in total. The normalized spacial score (nSPS) is 23.0. The van der Waals surface area contributed by atoms with Gasteiger partial charge in [-0.05, 0) is 31.7 Å². The van der Waals surface area contributed by atoms with E-state index in [2.05, 4.69) is 4.90 Å². The second-order valence-corrected chi connectivity index (χ2v) is 7.10. The molecule has 1 aromatic carbocycles. The molecule has 0 aromatic heterocycles. The fourth-order valence-corrected chi connectivity index (χ4v) is 3.91. The number of carbonyl (C=O) groups is 1. The molecule has 1 aliphatic heterocycles. The highest BCUT2D eigenvalue weighted by atomic mass is 16.6. The van der Waals surface area contributed by atoms with Crippen LogP contribution in [0.15, 0.2) is 18.2 Å². The van der Waals surface area contributed by atoms with Crippen LogP contribution in [0.2, 0.25) is 0 Å². The summed E-state index contributed by atoms with van der Waals surface area (Å²) >= 11 is 0. The van der Waals surface area contributed by atoms with Crippen LogP contribution in [0.25, 0.3) is 0 Å². The minimum absolute atomic E-state index is 0.0689. The van der Waals surface area contributed by atoms with Crippen LogP contribution in [0.5, 0.6) is 0 Å². The zero-order valence-corrected chi connectivity index (χ0v) is 14.6. The van der Waals surface area contributed by atoms with Gasteiger partial charge in [0.25, 0.3) is 11.6 Å². The molecule has 7 heteroatoms. The molecule has 2 fully saturated rings. The van der Waals surface area contributed by atoms with E-state index in [1.54, 1.807) is 18.0 Å². The molecule has 1 aromatic rings. The number of non-ortho nitro benzene ring substituents is 1. The van der Waals surface area contributed by atoms with Crippen molar-refractivity contribution in [3.05, 3.63) is 33.9 Å². The predicted octanol–water partition coefficient (Wildman–Crippen LogP) is 2.43. The van der Waals surface area contributed by atoms with Gasteiger partial charge in [-0.25, -0.2) is 0 Å². The highest BCUT2D eigenvalue weighted by Gasteiger charge is 2.30. The van der Waals surface area contributed by atoms with E-state index in [0.717, 1.165) is 50.9 Å². The Kier molecular flexibility index (Phi) is 5.22. The summed E-state index contributed by atoms with van der Waals surface area (Å²) in [7, 11) is 1.71. The number of carbonyl (C=O) groups excluding carboxylic acids is 1. The lowest BCUT2D eigenvalue weighted by atomic mass is 10.0. The Hall–Kier alpha value is -2.15. The van der Waals surface area contributed by atoms with Crippen molar-refractivity contribution in [2.75, 3.05) is 31.6 Å². The summed E-state index contributed by atoms with van der Waals surface area (Å²) in [5, 5.41) is 21.1. The molecule has 2 aliphatic rings. The lowest BCUT2D eigenvalue weighted by molar-refractivity contribution is -0.384. The molecular weight excluding hydrogens is 322 g/mol. The van der Waals surface area contributed by atoms with Crippen molar-refractivity contribution in [1.29, 1.82) is 0 Å². The van der Waals surface area contributed by atoms with Gasteiger partial charge in [-0.2, -0.15) is 0 Å². The van der Waals surface area contributed by atoms with Gasteiger partial charge in [-0.1, -0.05) is 6.42 Å². The number of aliphatic hydroxyl groups is 1. The van der Waals surface area contributed by atoms with E-state index >= 15 is 0 Å². The van der Waals surface area contributed by atoms with Crippen molar-refractivity contribution < 1.29 is 14.8 Å². The number of hydrogen-bond acceptors (Lipinski definition) is 5. The number of nitrogens with zero attached hydrogens (tertiary/aromatic N) is 3. The number of benzene rings is 1. The maximum Gasteiger partial charge on any atom is 0.270 e. The molecule has 1 N–H and O–H groups in total. The molecule has 1 saturated carbocycles. The lowest BCUT2D eigenvalue weighted by Gasteiger charge is -2.26. The van der Waals surface area contributed by atoms with Crippen molar-refractivity contribution in [3.8, 4) is 0 Å². The van der Waals surface area contributed by atoms with Crippen LogP contribution in [0.1, 0.15) is 42.5 Å². The van der Waals surface area contributed by atoms with Crippen molar-refractivity contribution >= 4 is 17.3 Å². The Morgan fingerprint density at radius 1 is 1.32 bits per heavy atom. The summed E-state index contributed by atoms with van der Waals surface area (Å²) < 4.78 is 0. The van der Waals surface area contributed by atoms with Crippen molar-refractivity contribution in [3.63, 3.8) is 0 Å². The summed E-state index contributed by atoms with van der Waals surface area (Å²) in [5.41, 5.74) is 1.08. The van der Waals surface area contributed by atoms with Gasteiger partial charge in [-0.3, -0.25) is 14.9 Å². The first-order valence-corrected chi connectivity index (χ1v) is 8.94. The third kappa shape index (κ3) is 3.76. The third-order valence-electron chi connectivity index (χ3n) is 5.34. The summed E-state index contributed by atoms with van der Waals surface area (Å²) in [6.45, 7) is 2.20. The standard InChI is InChI=1S/C18H25N3O4/c1-19(12-13-5-4-6-17(13)22)18(23)15-11-14(21(24)25)7-8-16(15)20-9-2-3-10-20/h7-8,11,13,17,22H,2-6,9-10,12H2,1H3. The van der Waals surface area contributed by atoms with E-state index in [4.69, 9.17) is 0 Å². The van der Waals surface area contributed by atoms with E-state index in [0.29, 0.717) is 12.1 Å². The molecule has 1 amide bonds. The van der Waals surface area contributed by atoms with Gasteiger partial charge in [0, 0.05) is 44.7 Å². The fourth-order valence-electron chi connectivity index (χ4n) is 3.91. The number of nitro benzene ring substituents is 1. The molecule has 1 aliphatic carbocycles. The first-order chi connectivity index (χ1) is 12.0. The third-order valence-corrected chi connectivity index (χ3v) is 5.34. The first-order valence-electron chi connectivity index (χ1n) is 8.94. The Balaban J connectivity index is 1.85. The zero-order chi connectivity index (χ0) is 18.0.